The lowest BCUT2D eigenvalue weighted by Gasteiger charge is -2.08. The Bertz CT molecular complexity index is 709. The predicted molar refractivity (Wildman–Crippen MR) is 77.5 cm³/mol. The fourth-order valence-corrected chi connectivity index (χ4v) is 2.13. The first kappa shape index (κ1) is 12.1. The van der Waals surface area contributed by atoms with Crippen LogP contribution in [0.15, 0.2) is 65.4 Å². The first-order chi connectivity index (χ1) is 9.75. The topological polar surface area (TPSA) is 71.3 Å². The minimum atomic E-state index is -0.404. The van der Waals surface area contributed by atoms with Crippen molar-refractivity contribution in [2.75, 3.05) is 0 Å². The van der Waals surface area contributed by atoms with Crippen molar-refractivity contribution < 1.29 is 4.92 Å². The van der Waals surface area contributed by atoms with E-state index in [0.717, 1.165) is 22.5 Å². The van der Waals surface area contributed by atoms with Gasteiger partial charge in [-0.05, 0) is 42.0 Å². The third-order valence-electron chi connectivity index (χ3n) is 3.04. The highest BCUT2D eigenvalue weighted by Gasteiger charge is 2.13. The molecule has 0 saturated heterocycles. The monoisotopic (exact) mass is 265 g/mol. The number of hydrogen-bond acceptors (Lipinski definition) is 3. The Balaban J connectivity index is 2.12. The van der Waals surface area contributed by atoms with Gasteiger partial charge < -0.3 is 4.98 Å². The second-order valence-electron chi connectivity index (χ2n) is 4.29. The number of allylic oxidation sites excluding steroid dienone is 2. The summed E-state index contributed by atoms with van der Waals surface area (Å²) in [5, 5.41) is 10.7. The van der Waals surface area contributed by atoms with Gasteiger partial charge >= 0.3 is 0 Å². The summed E-state index contributed by atoms with van der Waals surface area (Å²) in [7, 11) is 0. The Labute approximate surface area is 115 Å². The lowest BCUT2D eigenvalue weighted by Crippen LogP contribution is -1.93. The van der Waals surface area contributed by atoms with Crippen LogP contribution >= 0.6 is 0 Å². The minimum Gasteiger partial charge on any atom is -0.361 e. The zero-order chi connectivity index (χ0) is 13.9. The molecule has 20 heavy (non-hydrogen) atoms. The number of nitro benzene ring substituents is 1. The summed E-state index contributed by atoms with van der Waals surface area (Å²) in [6.45, 7) is 0. The predicted octanol–water partition coefficient (Wildman–Crippen LogP) is 3.32. The van der Waals surface area contributed by atoms with E-state index in [1.807, 2.05) is 30.5 Å². The molecule has 0 fully saturated rings. The maximum Gasteiger partial charge on any atom is 0.269 e. The first-order valence-electron chi connectivity index (χ1n) is 6.09. The summed E-state index contributed by atoms with van der Waals surface area (Å²) < 4.78 is 0. The van der Waals surface area contributed by atoms with Crippen molar-refractivity contribution in [1.29, 1.82) is 0 Å². The van der Waals surface area contributed by atoms with E-state index in [1.165, 1.54) is 12.1 Å². The molecule has 0 aliphatic carbocycles. The number of aromatic nitrogens is 1. The normalized spacial score (nSPS) is 15.6. The van der Waals surface area contributed by atoms with Crippen molar-refractivity contribution in [3.05, 3.63) is 81.8 Å². The molecule has 0 bridgehead atoms. The van der Waals surface area contributed by atoms with Crippen molar-refractivity contribution in [1.82, 2.24) is 4.98 Å². The molecular formula is C15H11N3O2. The van der Waals surface area contributed by atoms with E-state index in [0.29, 0.717) is 0 Å². The highest BCUT2D eigenvalue weighted by atomic mass is 16.6. The van der Waals surface area contributed by atoms with Gasteiger partial charge in [-0.25, -0.2) is 0 Å². The summed E-state index contributed by atoms with van der Waals surface area (Å²) in [6, 6.07) is 10.3. The molecule has 1 aromatic carbocycles. The number of H-pyrrole nitrogens is 1. The van der Waals surface area contributed by atoms with E-state index in [-0.39, 0.29) is 5.69 Å². The summed E-state index contributed by atoms with van der Waals surface area (Å²) in [6.07, 6.45) is 7.34. The first-order valence-corrected chi connectivity index (χ1v) is 6.09. The number of nitrogens with zero attached hydrogens (tertiary/aromatic N) is 2. The molecule has 0 amide bonds. The smallest absolute Gasteiger partial charge is 0.269 e. The van der Waals surface area contributed by atoms with Crippen LogP contribution in [0, 0.1) is 10.1 Å². The van der Waals surface area contributed by atoms with Crippen molar-refractivity contribution in [2.45, 2.75) is 0 Å². The van der Waals surface area contributed by atoms with Gasteiger partial charge in [0.2, 0.25) is 0 Å². The molecule has 5 heteroatoms. The van der Waals surface area contributed by atoms with Gasteiger partial charge in [-0.3, -0.25) is 15.1 Å². The van der Waals surface area contributed by atoms with E-state index in [4.69, 9.17) is 0 Å². The standard InChI is InChI=1S/C15H11N3O2/c19-18(20)12-7-5-11(6-8-12)15(13-3-1-9-16-13)14-4-2-10-17-14/h1-10,16H/b15-14-. The molecule has 0 saturated carbocycles. The second-order valence-corrected chi connectivity index (χ2v) is 4.29. The average Bonchev–Trinajstić information content (AvgIpc) is 3.13. The van der Waals surface area contributed by atoms with Gasteiger partial charge in [0.05, 0.1) is 10.6 Å². The number of benzene rings is 1. The van der Waals surface area contributed by atoms with E-state index in [9.17, 15) is 10.1 Å². The van der Waals surface area contributed by atoms with Gasteiger partial charge in [0.1, 0.15) is 0 Å². The van der Waals surface area contributed by atoms with Crippen molar-refractivity contribution >= 4 is 17.5 Å². The molecule has 2 aromatic rings. The molecular weight excluding hydrogens is 254 g/mol. The summed E-state index contributed by atoms with van der Waals surface area (Å²) in [5.41, 5.74) is 3.65. The Hall–Kier alpha value is -2.95. The largest absolute Gasteiger partial charge is 0.361 e. The third-order valence-corrected chi connectivity index (χ3v) is 3.04. The highest BCUT2D eigenvalue weighted by molar-refractivity contribution is 5.88. The molecule has 1 N–H and O–H groups in total. The average molecular weight is 265 g/mol. The molecule has 1 aromatic heterocycles. The van der Waals surface area contributed by atoms with Gasteiger partial charge in [-0.1, -0.05) is 0 Å². The molecule has 0 radical (unpaired) electrons. The van der Waals surface area contributed by atoms with Crippen LogP contribution in [0.4, 0.5) is 5.69 Å². The zero-order valence-electron chi connectivity index (χ0n) is 10.5. The van der Waals surface area contributed by atoms with Crippen LogP contribution < -0.4 is 0 Å². The molecule has 0 spiro atoms. The van der Waals surface area contributed by atoms with Crippen molar-refractivity contribution in [2.24, 2.45) is 4.99 Å². The second kappa shape index (κ2) is 4.97. The summed E-state index contributed by atoms with van der Waals surface area (Å²) in [5.74, 6) is 0. The molecule has 98 valence electrons. The summed E-state index contributed by atoms with van der Waals surface area (Å²) in [4.78, 5) is 17.8. The lowest BCUT2D eigenvalue weighted by atomic mass is 10.0. The molecule has 1 aliphatic rings. The maximum atomic E-state index is 10.7. The van der Waals surface area contributed by atoms with Gasteiger partial charge in [0, 0.05) is 35.8 Å². The van der Waals surface area contributed by atoms with Gasteiger partial charge in [-0.2, -0.15) is 0 Å². The Morgan fingerprint density at radius 1 is 1.20 bits per heavy atom. The van der Waals surface area contributed by atoms with Crippen molar-refractivity contribution in [3.63, 3.8) is 0 Å². The Kier molecular flexibility index (Phi) is 3.01. The van der Waals surface area contributed by atoms with E-state index >= 15 is 0 Å². The fraction of sp³-hybridized carbons (Fsp3) is 0. The van der Waals surface area contributed by atoms with Crippen LogP contribution in [-0.4, -0.2) is 16.1 Å². The van der Waals surface area contributed by atoms with Crippen LogP contribution in [0.5, 0.6) is 0 Å². The van der Waals surface area contributed by atoms with Crippen molar-refractivity contribution in [3.8, 4) is 0 Å². The number of non-ortho nitro benzene ring substituents is 1. The molecule has 3 rings (SSSR count). The highest BCUT2D eigenvalue weighted by Crippen LogP contribution is 2.29. The number of aliphatic imine (C=N–C) groups is 1. The Morgan fingerprint density at radius 2 is 2.00 bits per heavy atom. The maximum absolute atomic E-state index is 10.7. The third kappa shape index (κ3) is 2.16. The number of nitro groups is 1. The number of aromatic amines is 1. The number of hydrogen-bond donors (Lipinski definition) is 1. The van der Waals surface area contributed by atoms with Crippen LogP contribution in [0.25, 0.3) is 5.57 Å². The molecule has 1 aliphatic heterocycles. The fourth-order valence-electron chi connectivity index (χ4n) is 2.13. The van der Waals surface area contributed by atoms with E-state index < -0.39 is 4.92 Å². The van der Waals surface area contributed by atoms with Crippen LogP contribution in [-0.2, 0) is 0 Å². The van der Waals surface area contributed by atoms with Gasteiger partial charge in [-0.15, -0.1) is 0 Å². The molecule has 0 unspecified atom stereocenters. The molecule has 2 heterocycles. The van der Waals surface area contributed by atoms with E-state index in [2.05, 4.69) is 9.98 Å². The van der Waals surface area contributed by atoms with Crippen LogP contribution in [0.1, 0.15) is 11.3 Å². The zero-order valence-corrected chi connectivity index (χ0v) is 10.5. The van der Waals surface area contributed by atoms with Gasteiger partial charge in [0.25, 0.3) is 5.69 Å². The quantitative estimate of drug-likeness (QED) is 0.683. The molecule has 0 atom stereocenters. The summed E-state index contributed by atoms with van der Waals surface area (Å²) >= 11 is 0. The Morgan fingerprint density at radius 3 is 2.55 bits per heavy atom. The van der Waals surface area contributed by atoms with Gasteiger partial charge in [0.15, 0.2) is 0 Å². The minimum absolute atomic E-state index is 0.0788. The molecule has 5 nitrogen and oxygen atoms in total. The number of nitrogens with one attached hydrogen (secondary N) is 1. The van der Waals surface area contributed by atoms with E-state index in [1.54, 1.807) is 18.3 Å². The lowest BCUT2D eigenvalue weighted by molar-refractivity contribution is -0.384. The number of rotatable bonds is 3. The van der Waals surface area contributed by atoms with Crippen LogP contribution in [0.2, 0.25) is 0 Å². The van der Waals surface area contributed by atoms with Crippen LogP contribution in [0.3, 0.4) is 0 Å². The SMILES string of the molecule is O=[N+]([O-])c1ccc(/C(=C2\C=CC=N2)c2ccc[nH]2)cc1.